The summed E-state index contributed by atoms with van der Waals surface area (Å²) in [5, 5.41) is 0. The predicted molar refractivity (Wildman–Crippen MR) is 55.2 cm³/mol. The maximum absolute atomic E-state index is 13.0. The topological polar surface area (TPSA) is 22.0 Å². The van der Waals surface area contributed by atoms with Crippen molar-refractivity contribution in [2.45, 2.75) is 39.4 Å². The van der Waals surface area contributed by atoms with Crippen molar-refractivity contribution in [3.05, 3.63) is 34.2 Å². The van der Waals surface area contributed by atoms with Gasteiger partial charge < -0.3 is 0 Å². The van der Waals surface area contributed by atoms with Crippen LogP contribution in [0, 0.1) is 0 Å². The van der Waals surface area contributed by atoms with Crippen LogP contribution in [0.1, 0.15) is 39.6 Å². The van der Waals surface area contributed by atoms with Gasteiger partial charge in [-0.15, -0.1) is 0 Å². The average molecular weight is 197 g/mol. The molecule has 0 aliphatic carbocycles. The Morgan fingerprint density at radius 1 is 1.36 bits per heavy atom. The van der Waals surface area contributed by atoms with Gasteiger partial charge in [-0.1, -0.05) is 26.8 Å². The summed E-state index contributed by atoms with van der Waals surface area (Å²) in [4.78, 5) is 11.3. The molecule has 0 spiro atoms. The Morgan fingerprint density at radius 3 is 2.36 bits per heavy atom. The quantitative estimate of drug-likeness (QED) is 0.678. The largest absolute Gasteiger partial charge is 0.284 e. The summed E-state index contributed by atoms with van der Waals surface area (Å²) in [5.74, 6) is 0. The van der Waals surface area contributed by atoms with E-state index in [1.165, 1.54) is 13.0 Å². The zero-order valence-electron chi connectivity index (χ0n) is 9.04. The van der Waals surface area contributed by atoms with E-state index in [1.54, 1.807) is 12.3 Å². The molecule has 1 aromatic rings. The number of pyridine rings is 1. The molecule has 78 valence electrons. The third-order valence-corrected chi connectivity index (χ3v) is 2.19. The molecule has 0 radical (unpaired) electrons. The average Bonchev–Trinajstić information content (AvgIpc) is 2.02. The van der Waals surface area contributed by atoms with E-state index in [-0.39, 0.29) is 11.0 Å². The van der Waals surface area contributed by atoms with Gasteiger partial charge in [0.2, 0.25) is 0 Å². The molecule has 1 atom stereocenters. The molecule has 0 aliphatic rings. The zero-order chi connectivity index (χ0) is 10.9. The number of hydrogen-bond acceptors (Lipinski definition) is 1. The van der Waals surface area contributed by atoms with Gasteiger partial charge in [0.1, 0.15) is 0 Å². The Labute approximate surface area is 83.4 Å². The summed E-state index contributed by atoms with van der Waals surface area (Å²) in [7, 11) is 0. The summed E-state index contributed by atoms with van der Waals surface area (Å²) in [6.07, 6.45) is 0.317. The Kier molecular flexibility index (Phi) is 2.79. The molecular weight excluding hydrogens is 181 g/mol. The minimum Gasteiger partial charge on any atom is -0.284 e. The molecule has 1 rings (SSSR count). The smallest absolute Gasteiger partial charge is 0.252 e. The van der Waals surface area contributed by atoms with Gasteiger partial charge in [0.15, 0.2) is 6.30 Å². The molecule has 14 heavy (non-hydrogen) atoms. The second kappa shape index (κ2) is 3.56. The van der Waals surface area contributed by atoms with Crippen molar-refractivity contribution in [3.63, 3.8) is 0 Å². The minimum atomic E-state index is -1.27. The van der Waals surface area contributed by atoms with Crippen molar-refractivity contribution in [1.82, 2.24) is 4.57 Å². The highest BCUT2D eigenvalue weighted by molar-refractivity contribution is 5.19. The van der Waals surface area contributed by atoms with Crippen molar-refractivity contribution in [3.8, 4) is 0 Å². The van der Waals surface area contributed by atoms with E-state index in [0.717, 1.165) is 10.1 Å². The number of hydrogen-bond donors (Lipinski definition) is 0. The molecule has 0 bridgehead atoms. The van der Waals surface area contributed by atoms with Gasteiger partial charge >= 0.3 is 0 Å². The molecule has 0 saturated heterocycles. The monoisotopic (exact) mass is 197 g/mol. The highest BCUT2D eigenvalue weighted by Crippen LogP contribution is 2.21. The van der Waals surface area contributed by atoms with Gasteiger partial charge in [0, 0.05) is 12.3 Å². The van der Waals surface area contributed by atoms with Gasteiger partial charge in [-0.25, -0.2) is 4.39 Å². The SMILES string of the molecule is CC(F)n1cc(C(C)(C)C)ccc1=O. The molecule has 1 unspecified atom stereocenters. The van der Waals surface area contributed by atoms with Gasteiger partial charge in [-0.2, -0.15) is 0 Å². The third-order valence-electron chi connectivity index (χ3n) is 2.19. The van der Waals surface area contributed by atoms with Crippen LogP contribution in [0.5, 0.6) is 0 Å². The lowest BCUT2D eigenvalue weighted by molar-refractivity contribution is 0.260. The molecule has 1 aromatic heterocycles. The summed E-state index contributed by atoms with van der Waals surface area (Å²) >= 11 is 0. The summed E-state index contributed by atoms with van der Waals surface area (Å²) in [6.45, 7) is 7.44. The van der Waals surface area contributed by atoms with Gasteiger partial charge in [0.05, 0.1) is 0 Å². The highest BCUT2D eigenvalue weighted by atomic mass is 19.1. The molecule has 0 N–H and O–H groups in total. The van der Waals surface area contributed by atoms with Crippen LogP contribution in [0.25, 0.3) is 0 Å². The van der Waals surface area contributed by atoms with Crippen LogP contribution in [0.3, 0.4) is 0 Å². The van der Waals surface area contributed by atoms with E-state index in [0.29, 0.717) is 0 Å². The Hall–Kier alpha value is -1.12. The van der Waals surface area contributed by atoms with Crippen molar-refractivity contribution in [1.29, 1.82) is 0 Å². The highest BCUT2D eigenvalue weighted by Gasteiger charge is 2.15. The van der Waals surface area contributed by atoms with E-state index < -0.39 is 6.30 Å². The summed E-state index contributed by atoms with van der Waals surface area (Å²) in [5.41, 5.74) is 0.597. The first kappa shape index (κ1) is 11.0. The lowest BCUT2D eigenvalue weighted by atomic mass is 9.88. The second-order valence-electron chi connectivity index (χ2n) is 4.49. The summed E-state index contributed by atoms with van der Waals surface area (Å²) in [6, 6.07) is 3.16. The van der Waals surface area contributed by atoms with E-state index in [9.17, 15) is 9.18 Å². The first-order valence-corrected chi connectivity index (χ1v) is 4.69. The van der Waals surface area contributed by atoms with Crippen molar-refractivity contribution >= 4 is 0 Å². The molecule has 0 saturated carbocycles. The van der Waals surface area contributed by atoms with Gasteiger partial charge in [-0.3, -0.25) is 9.36 Å². The maximum atomic E-state index is 13.0. The van der Waals surface area contributed by atoms with Gasteiger partial charge in [-0.05, 0) is 17.9 Å². The molecule has 3 heteroatoms. The Balaban J connectivity index is 3.27. The molecular formula is C11H16FNO. The number of alkyl halides is 1. The second-order valence-corrected chi connectivity index (χ2v) is 4.49. The van der Waals surface area contributed by atoms with Crippen molar-refractivity contribution in [2.24, 2.45) is 0 Å². The predicted octanol–water partition coefficient (Wildman–Crippen LogP) is 2.63. The van der Waals surface area contributed by atoms with Crippen LogP contribution >= 0.6 is 0 Å². The van der Waals surface area contributed by atoms with Crippen LogP contribution in [0.15, 0.2) is 23.1 Å². The standard InChI is InChI=1S/C11H16FNO/c1-8(12)13-7-9(11(2,3)4)5-6-10(13)14/h5-8H,1-4H3. The number of aromatic nitrogens is 1. The van der Waals surface area contributed by atoms with Gasteiger partial charge in [0.25, 0.3) is 5.56 Å². The fourth-order valence-electron chi connectivity index (χ4n) is 1.23. The third kappa shape index (κ3) is 2.22. The molecule has 2 nitrogen and oxygen atoms in total. The lowest BCUT2D eigenvalue weighted by Crippen LogP contribution is -2.23. The van der Waals surface area contributed by atoms with Crippen molar-refractivity contribution in [2.75, 3.05) is 0 Å². The van der Waals surface area contributed by atoms with E-state index >= 15 is 0 Å². The summed E-state index contributed by atoms with van der Waals surface area (Å²) < 4.78 is 14.1. The zero-order valence-corrected chi connectivity index (χ0v) is 9.04. The van der Waals surface area contributed by atoms with E-state index in [1.807, 2.05) is 20.8 Å². The first-order valence-electron chi connectivity index (χ1n) is 4.69. The maximum Gasteiger partial charge on any atom is 0.252 e. The van der Waals surface area contributed by atoms with E-state index in [4.69, 9.17) is 0 Å². The van der Waals surface area contributed by atoms with E-state index in [2.05, 4.69) is 0 Å². The van der Waals surface area contributed by atoms with Crippen LogP contribution in [-0.2, 0) is 5.41 Å². The molecule has 0 aromatic carbocycles. The van der Waals surface area contributed by atoms with Crippen LogP contribution in [-0.4, -0.2) is 4.57 Å². The fraction of sp³-hybridized carbons (Fsp3) is 0.545. The molecule has 0 fully saturated rings. The van der Waals surface area contributed by atoms with Crippen LogP contribution in [0.2, 0.25) is 0 Å². The van der Waals surface area contributed by atoms with Crippen molar-refractivity contribution < 1.29 is 4.39 Å². The first-order chi connectivity index (χ1) is 6.32. The lowest BCUT2D eigenvalue weighted by Gasteiger charge is -2.20. The normalized spacial score (nSPS) is 14.1. The molecule has 0 aliphatic heterocycles. The number of rotatable bonds is 1. The van der Waals surface area contributed by atoms with Crippen LogP contribution < -0.4 is 5.56 Å². The number of nitrogens with zero attached hydrogens (tertiary/aromatic N) is 1. The number of halogens is 1. The molecule has 0 amide bonds. The minimum absolute atomic E-state index is 0.0651. The Bertz CT molecular complexity index is 374. The van der Waals surface area contributed by atoms with Crippen LogP contribution in [0.4, 0.5) is 4.39 Å². The Morgan fingerprint density at radius 2 is 1.93 bits per heavy atom. The molecule has 1 heterocycles. The fourth-order valence-corrected chi connectivity index (χ4v) is 1.23.